The molecule has 2 heterocycles. The summed E-state index contributed by atoms with van der Waals surface area (Å²) in [6.07, 6.45) is 1.92. The summed E-state index contributed by atoms with van der Waals surface area (Å²) in [5, 5.41) is 22.6. The molecule has 1 aromatic heterocycles. The summed E-state index contributed by atoms with van der Waals surface area (Å²) in [6, 6.07) is 19.6. The number of nitrogens with zero attached hydrogens (tertiary/aromatic N) is 3. The molecule has 142 valence electrons. The van der Waals surface area contributed by atoms with Gasteiger partial charge in [0.05, 0.1) is 18.2 Å². The Bertz CT molecular complexity index is 1000. The summed E-state index contributed by atoms with van der Waals surface area (Å²) < 4.78 is 7.19. The lowest BCUT2D eigenvalue weighted by Crippen LogP contribution is -2.45. The number of aliphatic hydroxyl groups is 1. The van der Waals surface area contributed by atoms with Crippen molar-refractivity contribution in [2.24, 2.45) is 0 Å². The molecule has 1 aliphatic rings. The van der Waals surface area contributed by atoms with E-state index in [0.717, 1.165) is 17.1 Å². The lowest BCUT2D eigenvalue weighted by molar-refractivity contribution is -0.683. The number of fused-ring (bicyclic) bond motifs is 1. The molecule has 1 atom stereocenters. The van der Waals surface area contributed by atoms with Crippen molar-refractivity contribution in [3.05, 3.63) is 94.2 Å². The normalized spacial score (nSPS) is 18.0. The molecule has 3 aromatic rings. The monoisotopic (exact) mass is 378 g/mol. The number of hydrogen-bond donors (Lipinski definition) is 1. The Morgan fingerprint density at radius 2 is 1.86 bits per heavy atom. The number of methoxy groups -OCH3 is 1. The number of ether oxygens (including phenoxy) is 1. The molecule has 0 saturated heterocycles. The zero-order valence-corrected chi connectivity index (χ0v) is 15.4. The molecule has 0 spiro atoms. The van der Waals surface area contributed by atoms with Crippen LogP contribution in [0.5, 0.6) is 5.75 Å². The van der Waals surface area contributed by atoms with Crippen molar-refractivity contribution in [3.8, 4) is 5.75 Å². The van der Waals surface area contributed by atoms with Crippen molar-refractivity contribution in [1.29, 1.82) is 0 Å². The number of benzene rings is 2. The van der Waals surface area contributed by atoms with Crippen molar-refractivity contribution in [1.82, 2.24) is 0 Å². The van der Waals surface area contributed by atoms with Gasteiger partial charge in [-0.15, -0.1) is 0 Å². The van der Waals surface area contributed by atoms with E-state index in [1.54, 1.807) is 19.2 Å². The second-order valence-corrected chi connectivity index (χ2v) is 6.74. The number of anilines is 1. The van der Waals surface area contributed by atoms with E-state index in [2.05, 4.69) is 0 Å². The summed E-state index contributed by atoms with van der Waals surface area (Å²) in [6.45, 7) is 0.804. The van der Waals surface area contributed by atoms with Crippen molar-refractivity contribution < 1.29 is 19.3 Å². The van der Waals surface area contributed by atoms with Crippen LogP contribution in [-0.4, -0.2) is 17.1 Å². The molecule has 0 fully saturated rings. The summed E-state index contributed by atoms with van der Waals surface area (Å²) in [7, 11) is 1.62. The number of nitro groups is 1. The molecule has 28 heavy (non-hydrogen) atoms. The Hall–Kier alpha value is -3.45. The van der Waals surface area contributed by atoms with E-state index in [9.17, 15) is 15.2 Å². The van der Waals surface area contributed by atoms with Gasteiger partial charge in [-0.25, -0.2) is 9.47 Å². The quantitative estimate of drug-likeness (QED) is 0.420. The number of hydrogen-bond acceptors (Lipinski definition) is 5. The van der Waals surface area contributed by atoms with Gasteiger partial charge in [0, 0.05) is 23.8 Å². The van der Waals surface area contributed by atoms with Crippen LogP contribution in [-0.2, 0) is 18.8 Å². The average molecular weight is 378 g/mol. The maximum Gasteiger partial charge on any atom is 0.279 e. The van der Waals surface area contributed by atoms with Gasteiger partial charge >= 0.3 is 0 Å². The van der Waals surface area contributed by atoms with Gasteiger partial charge < -0.3 is 9.84 Å². The molecule has 0 aliphatic carbocycles. The standard InChI is InChI=1S/C21H20N3O4/c1-28-19-11-5-16(6-12-19)14-23-20-4-2-3-13-22(20)15-21(23,25)17-7-9-18(10-8-17)24(26)27/h2-13,25H,14-15H2,1H3/q+1/t21-/m1/s1. The van der Waals surface area contributed by atoms with E-state index in [4.69, 9.17) is 4.74 Å². The van der Waals surface area contributed by atoms with Crippen molar-refractivity contribution in [2.45, 2.75) is 18.8 Å². The van der Waals surface area contributed by atoms with Gasteiger partial charge in [0.25, 0.3) is 17.2 Å². The van der Waals surface area contributed by atoms with E-state index >= 15 is 0 Å². The molecule has 7 nitrogen and oxygen atoms in total. The van der Waals surface area contributed by atoms with E-state index < -0.39 is 10.6 Å². The first-order valence-electron chi connectivity index (χ1n) is 8.87. The highest BCUT2D eigenvalue weighted by molar-refractivity contribution is 5.46. The van der Waals surface area contributed by atoms with Gasteiger partial charge in [-0.05, 0) is 35.9 Å². The minimum atomic E-state index is -1.32. The lowest BCUT2D eigenvalue weighted by atomic mass is 10.0. The molecule has 0 amide bonds. The first-order valence-corrected chi connectivity index (χ1v) is 8.87. The molecular formula is C21H20N3O4+. The molecule has 7 heteroatoms. The van der Waals surface area contributed by atoms with Crippen molar-refractivity contribution in [2.75, 3.05) is 12.0 Å². The van der Waals surface area contributed by atoms with Crippen LogP contribution in [0.4, 0.5) is 11.5 Å². The topological polar surface area (TPSA) is 79.7 Å². The Labute approximate surface area is 162 Å². The largest absolute Gasteiger partial charge is 0.497 e. The fourth-order valence-corrected chi connectivity index (χ4v) is 3.58. The summed E-state index contributed by atoms with van der Waals surface area (Å²) in [4.78, 5) is 12.4. The number of pyridine rings is 1. The average Bonchev–Trinajstić information content (AvgIpc) is 3.01. The number of rotatable bonds is 5. The first kappa shape index (κ1) is 17.9. The Morgan fingerprint density at radius 3 is 2.50 bits per heavy atom. The van der Waals surface area contributed by atoms with Gasteiger partial charge in [0.2, 0.25) is 0 Å². The highest BCUT2D eigenvalue weighted by Crippen LogP contribution is 2.36. The molecule has 0 unspecified atom stereocenters. The van der Waals surface area contributed by atoms with Crippen LogP contribution in [0.25, 0.3) is 0 Å². The van der Waals surface area contributed by atoms with Gasteiger partial charge in [-0.2, -0.15) is 0 Å². The van der Waals surface area contributed by atoms with Crippen LogP contribution < -0.4 is 14.2 Å². The molecular weight excluding hydrogens is 358 g/mol. The van der Waals surface area contributed by atoms with E-state index in [1.165, 1.54) is 12.1 Å². The predicted octanol–water partition coefficient (Wildman–Crippen LogP) is 2.76. The molecule has 0 bridgehead atoms. The smallest absolute Gasteiger partial charge is 0.279 e. The van der Waals surface area contributed by atoms with Crippen LogP contribution >= 0.6 is 0 Å². The molecule has 0 saturated carbocycles. The second kappa shape index (κ2) is 6.94. The summed E-state index contributed by atoms with van der Waals surface area (Å²) >= 11 is 0. The third kappa shape index (κ3) is 3.05. The maximum absolute atomic E-state index is 11.6. The number of aromatic nitrogens is 1. The van der Waals surface area contributed by atoms with Crippen LogP contribution in [0, 0.1) is 10.1 Å². The zero-order chi connectivity index (χ0) is 19.7. The van der Waals surface area contributed by atoms with Crippen molar-refractivity contribution >= 4 is 11.5 Å². The van der Waals surface area contributed by atoms with Crippen LogP contribution in [0.2, 0.25) is 0 Å². The van der Waals surface area contributed by atoms with Crippen molar-refractivity contribution in [3.63, 3.8) is 0 Å². The third-order valence-corrected chi connectivity index (χ3v) is 5.07. The Kier molecular flexibility index (Phi) is 4.44. The highest BCUT2D eigenvalue weighted by Gasteiger charge is 2.51. The first-order chi connectivity index (χ1) is 13.5. The molecule has 1 aliphatic heterocycles. The summed E-state index contributed by atoms with van der Waals surface area (Å²) in [5.41, 5.74) is 0.301. The fraction of sp³-hybridized carbons (Fsp3) is 0.190. The van der Waals surface area contributed by atoms with Gasteiger partial charge in [0.15, 0.2) is 6.54 Å². The van der Waals surface area contributed by atoms with E-state index in [1.807, 2.05) is 58.1 Å². The zero-order valence-electron chi connectivity index (χ0n) is 15.4. The number of nitro benzene ring substituents is 1. The minimum absolute atomic E-state index is 0.00258. The second-order valence-electron chi connectivity index (χ2n) is 6.74. The highest BCUT2D eigenvalue weighted by atomic mass is 16.6. The maximum atomic E-state index is 11.6. The fourth-order valence-electron chi connectivity index (χ4n) is 3.58. The molecule has 1 N–H and O–H groups in total. The molecule has 0 radical (unpaired) electrons. The van der Waals surface area contributed by atoms with Gasteiger partial charge in [-0.1, -0.05) is 18.2 Å². The summed E-state index contributed by atoms with van der Waals surface area (Å²) in [5.74, 6) is 1.64. The number of non-ortho nitro benzene ring substituents is 1. The Morgan fingerprint density at radius 1 is 1.14 bits per heavy atom. The van der Waals surface area contributed by atoms with Crippen LogP contribution in [0.1, 0.15) is 11.1 Å². The Balaban J connectivity index is 1.73. The van der Waals surface area contributed by atoms with Crippen LogP contribution in [0.3, 0.4) is 0 Å². The predicted molar refractivity (Wildman–Crippen MR) is 103 cm³/mol. The van der Waals surface area contributed by atoms with Gasteiger partial charge in [-0.3, -0.25) is 10.1 Å². The van der Waals surface area contributed by atoms with Gasteiger partial charge in [0.1, 0.15) is 12.3 Å². The minimum Gasteiger partial charge on any atom is -0.497 e. The lowest BCUT2D eigenvalue weighted by Gasteiger charge is -2.27. The third-order valence-electron chi connectivity index (χ3n) is 5.07. The molecule has 2 aromatic carbocycles. The SMILES string of the molecule is COc1ccc(CN2c3cccc[n+]3C[C@@]2(O)c2ccc([N+](=O)[O-])cc2)cc1. The van der Waals surface area contributed by atoms with E-state index in [0.29, 0.717) is 18.7 Å². The molecule has 4 rings (SSSR count). The van der Waals surface area contributed by atoms with Crippen LogP contribution in [0.15, 0.2) is 72.9 Å². The van der Waals surface area contributed by atoms with E-state index in [-0.39, 0.29) is 5.69 Å².